The lowest BCUT2D eigenvalue weighted by atomic mass is 10.2. The van der Waals surface area contributed by atoms with E-state index in [2.05, 4.69) is 12.2 Å². The normalized spacial score (nSPS) is 10.3. The molecule has 2 rings (SSSR count). The van der Waals surface area contributed by atoms with Gasteiger partial charge in [-0.3, -0.25) is 0 Å². The summed E-state index contributed by atoms with van der Waals surface area (Å²) in [4.78, 5) is 0. The first-order valence-corrected chi connectivity index (χ1v) is 7.64. The van der Waals surface area contributed by atoms with Crippen LogP contribution in [0.5, 0.6) is 11.5 Å². The summed E-state index contributed by atoms with van der Waals surface area (Å²) >= 11 is 0. The van der Waals surface area contributed by atoms with E-state index in [0.29, 0.717) is 19.8 Å². The monoisotopic (exact) mass is 300 g/mol. The van der Waals surface area contributed by atoms with E-state index in [9.17, 15) is 0 Å². The van der Waals surface area contributed by atoms with E-state index in [-0.39, 0.29) is 0 Å². The zero-order valence-electron chi connectivity index (χ0n) is 13.0. The van der Waals surface area contributed by atoms with Crippen molar-refractivity contribution in [1.82, 2.24) is 0 Å². The van der Waals surface area contributed by atoms with Gasteiger partial charge in [-0.1, -0.05) is 23.8 Å². The van der Waals surface area contributed by atoms with Crippen molar-refractivity contribution < 1.29 is 9.47 Å². The van der Waals surface area contributed by atoms with Crippen LogP contribution in [0.25, 0.3) is 0 Å². The van der Waals surface area contributed by atoms with Crippen molar-refractivity contribution in [1.29, 1.82) is 0 Å². The minimum Gasteiger partial charge on any atom is -0.490 e. The average molecular weight is 300 g/mol. The van der Waals surface area contributed by atoms with E-state index >= 15 is 0 Å². The Morgan fingerprint density at radius 1 is 0.955 bits per heavy atom. The van der Waals surface area contributed by atoms with E-state index in [1.54, 1.807) is 0 Å². The van der Waals surface area contributed by atoms with Crippen molar-refractivity contribution in [2.45, 2.75) is 13.3 Å². The van der Waals surface area contributed by atoms with Gasteiger partial charge < -0.3 is 20.5 Å². The molecule has 4 nitrogen and oxygen atoms in total. The standard InChI is InChI=1S/C18H24N2O2/c1-15-6-8-17(9-7-15)21-12-13-22-18-5-2-4-16(14-18)20-11-3-10-19/h2,4-9,14,20H,3,10-13,19H2,1H3. The number of aryl methyl sites for hydroxylation is 1. The van der Waals surface area contributed by atoms with Crippen LogP contribution in [-0.4, -0.2) is 26.3 Å². The highest BCUT2D eigenvalue weighted by molar-refractivity contribution is 5.48. The molecule has 3 N–H and O–H groups in total. The third-order valence-electron chi connectivity index (χ3n) is 3.19. The fraction of sp³-hybridized carbons (Fsp3) is 0.333. The van der Waals surface area contributed by atoms with Gasteiger partial charge in [-0.05, 0) is 44.2 Å². The molecule has 0 unspecified atom stereocenters. The molecule has 0 heterocycles. The van der Waals surface area contributed by atoms with Gasteiger partial charge in [0.2, 0.25) is 0 Å². The smallest absolute Gasteiger partial charge is 0.122 e. The summed E-state index contributed by atoms with van der Waals surface area (Å²) in [6, 6.07) is 15.9. The van der Waals surface area contributed by atoms with Crippen molar-refractivity contribution in [2.75, 3.05) is 31.6 Å². The number of nitrogens with one attached hydrogen (secondary N) is 1. The molecule has 0 amide bonds. The molecule has 0 saturated carbocycles. The van der Waals surface area contributed by atoms with Gasteiger partial charge in [0.25, 0.3) is 0 Å². The second-order valence-electron chi connectivity index (χ2n) is 5.11. The molecule has 118 valence electrons. The third-order valence-corrected chi connectivity index (χ3v) is 3.19. The average Bonchev–Trinajstić information content (AvgIpc) is 2.54. The molecule has 0 atom stereocenters. The fourth-order valence-electron chi connectivity index (χ4n) is 1.98. The molecular weight excluding hydrogens is 276 g/mol. The van der Waals surface area contributed by atoms with Gasteiger partial charge in [-0.25, -0.2) is 0 Å². The van der Waals surface area contributed by atoms with Crippen LogP contribution in [0.2, 0.25) is 0 Å². The Hall–Kier alpha value is -2.20. The second-order valence-corrected chi connectivity index (χ2v) is 5.11. The number of rotatable bonds is 9. The van der Waals surface area contributed by atoms with Crippen molar-refractivity contribution in [3.63, 3.8) is 0 Å². The summed E-state index contributed by atoms with van der Waals surface area (Å²) in [6.45, 7) is 4.66. The Kier molecular flexibility index (Phi) is 6.58. The summed E-state index contributed by atoms with van der Waals surface area (Å²) in [7, 11) is 0. The highest BCUT2D eigenvalue weighted by Crippen LogP contribution is 2.17. The number of nitrogens with two attached hydrogens (primary N) is 1. The first-order valence-electron chi connectivity index (χ1n) is 7.64. The molecule has 22 heavy (non-hydrogen) atoms. The second kappa shape index (κ2) is 8.95. The van der Waals surface area contributed by atoms with E-state index in [1.165, 1.54) is 5.56 Å². The first kappa shape index (κ1) is 16.2. The topological polar surface area (TPSA) is 56.5 Å². The molecule has 0 fully saturated rings. The molecular formula is C18H24N2O2. The summed E-state index contributed by atoms with van der Waals surface area (Å²) in [5.41, 5.74) is 7.75. The molecule has 0 spiro atoms. The van der Waals surface area contributed by atoms with Crippen LogP contribution in [0.1, 0.15) is 12.0 Å². The van der Waals surface area contributed by atoms with Gasteiger partial charge in [0.1, 0.15) is 24.7 Å². The quantitative estimate of drug-likeness (QED) is 0.698. The highest BCUT2D eigenvalue weighted by Gasteiger charge is 1.98. The maximum atomic E-state index is 5.71. The molecule has 0 aliphatic rings. The van der Waals surface area contributed by atoms with Crippen molar-refractivity contribution in [2.24, 2.45) is 5.73 Å². The van der Waals surface area contributed by atoms with Crippen molar-refractivity contribution in [3.8, 4) is 11.5 Å². The lowest BCUT2D eigenvalue weighted by Crippen LogP contribution is -2.10. The molecule has 0 radical (unpaired) electrons. The molecule has 0 aliphatic heterocycles. The maximum absolute atomic E-state index is 5.71. The number of benzene rings is 2. The van der Waals surface area contributed by atoms with Gasteiger partial charge in [0.05, 0.1) is 0 Å². The van der Waals surface area contributed by atoms with Gasteiger partial charge in [-0.15, -0.1) is 0 Å². The number of hydrogen-bond acceptors (Lipinski definition) is 4. The first-order chi connectivity index (χ1) is 10.8. The Labute approximate surface area is 132 Å². The Morgan fingerprint density at radius 2 is 1.68 bits per heavy atom. The summed E-state index contributed by atoms with van der Waals surface area (Å²) in [6.07, 6.45) is 0.954. The molecule has 2 aromatic carbocycles. The van der Waals surface area contributed by atoms with Crippen LogP contribution in [0.15, 0.2) is 48.5 Å². The van der Waals surface area contributed by atoms with Crippen LogP contribution < -0.4 is 20.5 Å². The van der Waals surface area contributed by atoms with Crippen LogP contribution in [0.3, 0.4) is 0 Å². The summed E-state index contributed by atoms with van der Waals surface area (Å²) in [5, 5.41) is 3.32. The van der Waals surface area contributed by atoms with Crippen LogP contribution in [0.4, 0.5) is 5.69 Å². The molecule has 0 aromatic heterocycles. The number of ether oxygens (including phenoxy) is 2. The Balaban J connectivity index is 1.72. The Bertz CT molecular complexity index is 555. The minimum atomic E-state index is 0.514. The van der Waals surface area contributed by atoms with Crippen molar-refractivity contribution in [3.05, 3.63) is 54.1 Å². The van der Waals surface area contributed by atoms with Gasteiger partial charge in [0, 0.05) is 18.3 Å². The zero-order valence-corrected chi connectivity index (χ0v) is 13.0. The van der Waals surface area contributed by atoms with Crippen LogP contribution >= 0.6 is 0 Å². The lowest BCUT2D eigenvalue weighted by Gasteiger charge is -2.10. The predicted molar refractivity (Wildman–Crippen MR) is 90.8 cm³/mol. The minimum absolute atomic E-state index is 0.514. The highest BCUT2D eigenvalue weighted by atomic mass is 16.5. The maximum Gasteiger partial charge on any atom is 0.122 e. The van der Waals surface area contributed by atoms with Crippen molar-refractivity contribution >= 4 is 5.69 Å². The lowest BCUT2D eigenvalue weighted by molar-refractivity contribution is 0.217. The van der Waals surface area contributed by atoms with E-state index in [4.69, 9.17) is 15.2 Å². The van der Waals surface area contributed by atoms with Gasteiger partial charge >= 0.3 is 0 Å². The fourth-order valence-corrected chi connectivity index (χ4v) is 1.98. The molecule has 0 bridgehead atoms. The van der Waals surface area contributed by atoms with Gasteiger partial charge in [-0.2, -0.15) is 0 Å². The van der Waals surface area contributed by atoms with E-state index < -0.39 is 0 Å². The molecule has 0 aliphatic carbocycles. The van der Waals surface area contributed by atoms with Crippen LogP contribution in [0, 0.1) is 6.92 Å². The van der Waals surface area contributed by atoms with Crippen LogP contribution in [-0.2, 0) is 0 Å². The molecule has 2 aromatic rings. The summed E-state index contributed by atoms with van der Waals surface area (Å²) in [5.74, 6) is 1.71. The largest absolute Gasteiger partial charge is 0.490 e. The van der Waals surface area contributed by atoms with E-state index in [1.807, 2.05) is 48.5 Å². The summed E-state index contributed by atoms with van der Waals surface area (Å²) < 4.78 is 11.3. The third kappa shape index (κ3) is 5.66. The predicted octanol–water partition coefficient (Wildman–Crippen LogP) is 3.21. The SMILES string of the molecule is Cc1ccc(OCCOc2cccc(NCCCN)c2)cc1. The zero-order chi connectivity index (χ0) is 15.6. The molecule has 4 heteroatoms. The Morgan fingerprint density at radius 3 is 2.41 bits per heavy atom. The molecule has 0 saturated heterocycles. The number of anilines is 1. The van der Waals surface area contributed by atoms with E-state index in [0.717, 1.165) is 30.2 Å². The number of hydrogen-bond donors (Lipinski definition) is 2. The van der Waals surface area contributed by atoms with Gasteiger partial charge in [0.15, 0.2) is 0 Å².